The van der Waals surface area contributed by atoms with Gasteiger partial charge in [0.05, 0.1) is 16.9 Å². The van der Waals surface area contributed by atoms with Gasteiger partial charge in [-0.05, 0) is 42.7 Å². The van der Waals surface area contributed by atoms with E-state index in [-0.39, 0.29) is 5.78 Å². The number of para-hydroxylation sites is 1. The van der Waals surface area contributed by atoms with Crippen molar-refractivity contribution < 1.29 is 4.79 Å². The fourth-order valence-electron chi connectivity index (χ4n) is 3.39. The van der Waals surface area contributed by atoms with Gasteiger partial charge in [0.2, 0.25) is 0 Å². The van der Waals surface area contributed by atoms with Crippen LogP contribution in [0.1, 0.15) is 29.4 Å². The number of Topliss-reactive ketones (excluding diaryl/α,β-unsaturated/α-hetero) is 1. The Kier molecular flexibility index (Phi) is 4.47. The predicted molar refractivity (Wildman–Crippen MR) is 105 cm³/mol. The summed E-state index contributed by atoms with van der Waals surface area (Å²) in [6.45, 7) is 2.09. The molecule has 1 aromatic heterocycles. The van der Waals surface area contributed by atoms with Gasteiger partial charge in [0.1, 0.15) is 0 Å². The number of nitrogens with one attached hydrogen (secondary N) is 1. The highest BCUT2D eigenvalue weighted by molar-refractivity contribution is 6.35. The molecule has 0 aliphatic heterocycles. The molecule has 3 aromatic rings. The Hall–Kier alpha value is -2.30. The topological polar surface area (TPSA) is 46.9 Å². The van der Waals surface area contributed by atoms with Gasteiger partial charge < -0.3 is 5.32 Å². The molecule has 132 valence electrons. The molecule has 0 spiro atoms. The number of hydrogen-bond donors (Lipinski definition) is 1. The minimum absolute atomic E-state index is 0.108. The Morgan fingerprint density at radius 2 is 1.77 bits per heavy atom. The van der Waals surface area contributed by atoms with Gasteiger partial charge in [-0.15, -0.1) is 5.10 Å². The van der Waals surface area contributed by atoms with Crippen LogP contribution in [0.5, 0.6) is 0 Å². The van der Waals surface area contributed by atoms with Crippen LogP contribution in [0.3, 0.4) is 0 Å². The Balaban J connectivity index is 1.83. The third-order valence-electron chi connectivity index (χ3n) is 4.46. The zero-order valence-corrected chi connectivity index (χ0v) is 15.7. The summed E-state index contributed by atoms with van der Waals surface area (Å²) >= 11 is 12.2. The fraction of sp³-hybridized carbons (Fsp3) is 0.200. The zero-order chi connectivity index (χ0) is 18.3. The first-order chi connectivity index (χ1) is 12.5. The molecule has 1 aliphatic rings. The Labute approximate surface area is 161 Å². The Bertz CT molecular complexity index is 962. The molecule has 0 fully saturated rings. The molecule has 1 aliphatic carbocycles. The number of benzene rings is 2. The molecule has 1 N–H and O–H groups in total. The van der Waals surface area contributed by atoms with Gasteiger partial charge in [-0.25, -0.2) is 4.68 Å². The summed E-state index contributed by atoms with van der Waals surface area (Å²) in [5.41, 5.74) is 3.23. The van der Waals surface area contributed by atoms with E-state index in [0.29, 0.717) is 39.5 Å². The van der Waals surface area contributed by atoms with Gasteiger partial charge in [-0.3, -0.25) is 4.79 Å². The lowest BCUT2D eigenvalue weighted by molar-refractivity contribution is 0.0953. The van der Waals surface area contributed by atoms with Crippen molar-refractivity contribution in [2.75, 3.05) is 5.32 Å². The summed E-state index contributed by atoms with van der Waals surface area (Å²) in [6.07, 6.45) is 1.33. The highest BCUT2D eigenvalue weighted by atomic mass is 35.5. The number of hydrogen-bond acceptors (Lipinski definition) is 3. The predicted octanol–water partition coefficient (Wildman–Crippen LogP) is 5.69. The largest absolute Gasteiger partial charge is 0.338 e. The minimum atomic E-state index is 0.108. The van der Waals surface area contributed by atoms with E-state index < -0.39 is 0 Å². The van der Waals surface area contributed by atoms with Gasteiger partial charge in [0.25, 0.3) is 0 Å². The standard InChI is InChI=1S/C20H17Cl2N3O/c1-12-7-17-19(18(26)8-12)20(23-15-10-13(21)9-14(22)11-15)24-25(17)16-5-3-2-4-6-16/h2-6,9-12H,7-8H2,1H3,(H,23,24)/t12-/m1/s1. The molecule has 26 heavy (non-hydrogen) atoms. The lowest BCUT2D eigenvalue weighted by Crippen LogP contribution is -2.19. The van der Waals surface area contributed by atoms with Crippen LogP contribution < -0.4 is 5.32 Å². The number of fused-ring (bicyclic) bond motifs is 1. The minimum Gasteiger partial charge on any atom is -0.338 e. The molecule has 2 aromatic carbocycles. The summed E-state index contributed by atoms with van der Waals surface area (Å²) in [7, 11) is 0. The maximum Gasteiger partial charge on any atom is 0.168 e. The molecular formula is C20H17Cl2N3O. The summed E-state index contributed by atoms with van der Waals surface area (Å²) in [5, 5.41) is 8.98. The summed E-state index contributed by atoms with van der Waals surface area (Å²) in [6, 6.07) is 15.0. The van der Waals surface area contributed by atoms with Crippen molar-refractivity contribution in [2.24, 2.45) is 5.92 Å². The van der Waals surface area contributed by atoms with E-state index in [4.69, 9.17) is 28.3 Å². The first-order valence-corrected chi connectivity index (χ1v) is 9.20. The molecule has 0 saturated carbocycles. The number of carbonyl (C=O) groups excluding carboxylic acids is 1. The van der Waals surface area contributed by atoms with E-state index in [2.05, 4.69) is 12.2 Å². The van der Waals surface area contributed by atoms with Crippen LogP contribution >= 0.6 is 23.2 Å². The van der Waals surface area contributed by atoms with Crippen LogP contribution in [0, 0.1) is 5.92 Å². The summed E-state index contributed by atoms with van der Waals surface area (Å²) in [5.74, 6) is 0.943. The molecule has 4 rings (SSSR count). The first-order valence-electron chi connectivity index (χ1n) is 8.45. The van der Waals surface area contributed by atoms with E-state index in [9.17, 15) is 4.79 Å². The third-order valence-corrected chi connectivity index (χ3v) is 4.90. The van der Waals surface area contributed by atoms with E-state index in [1.165, 1.54) is 0 Å². The molecule has 6 heteroatoms. The van der Waals surface area contributed by atoms with Crippen molar-refractivity contribution in [1.82, 2.24) is 9.78 Å². The number of aromatic nitrogens is 2. The number of carbonyl (C=O) groups is 1. The summed E-state index contributed by atoms with van der Waals surface area (Å²) < 4.78 is 1.86. The van der Waals surface area contributed by atoms with E-state index in [1.54, 1.807) is 18.2 Å². The fourth-order valence-corrected chi connectivity index (χ4v) is 3.91. The van der Waals surface area contributed by atoms with Gasteiger partial charge in [-0.1, -0.05) is 48.3 Å². The molecule has 0 bridgehead atoms. The van der Waals surface area contributed by atoms with Gasteiger partial charge in [0.15, 0.2) is 11.6 Å². The number of anilines is 2. The average Bonchev–Trinajstić information content (AvgIpc) is 2.93. The monoisotopic (exact) mass is 385 g/mol. The van der Waals surface area contributed by atoms with Crippen LogP contribution in [0.25, 0.3) is 5.69 Å². The molecule has 0 amide bonds. The zero-order valence-electron chi connectivity index (χ0n) is 14.2. The van der Waals surface area contributed by atoms with Gasteiger partial charge >= 0.3 is 0 Å². The second-order valence-electron chi connectivity index (χ2n) is 6.64. The van der Waals surface area contributed by atoms with Gasteiger partial charge in [0, 0.05) is 22.2 Å². The van der Waals surface area contributed by atoms with Crippen molar-refractivity contribution in [1.29, 1.82) is 0 Å². The maximum absolute atomic E-state index is 12.7. The first kappa shape index (κ1) is 17.1. The molecule has 0 unspecified atom stereocenters. The van der Waals surface area contributed by atoms with E-state index >= 15 is 0 Å². The molecule has 0 radical (unpaired) electrons. The van der Waals surface area contributed by atoms with Crippen LogP contribution in [0.2, 0.25) is 10.0 Å². The van der Waals surface area contributed by atoms with Crippen molar-refractivity contribution in [3.8, 4) is 5.69 Å². The maximum atomic E-state index is 12.7. The average molecular weight is 386 g/mol. The van der Waals surface area contributed by atoms with Crippen LogP contribution in [0.4, 0.5) is 11.5 Å². The Morgan fingerprint density at radius 3 is 2.46 bits per heavy atom. The number of rotatable bonds is 3. The van der Waals surface area contributed by atoms with Crippen molar-refractivity contribution in [3.05, 3.63) is 69.8 Å². The molecule has 4 nitrogen and oxygen atoms in total. The number of ketones is 1. The van der Waals surface area contributed by atoms with Crippen molar-refractivity contribution >= 4 is 40.5 Å². The molecular weight excluding hydrogens is 369 g/mol. The second-order valence-corrected chi connectivity index (χ2v) is 7.51. The highest BCUT2D eigenvalue weighted by Gasteiger charge is 2.31. The molecule has 1 atom stereocenters. The van der Waals surface area contributed by atoms with Crippen molar-refractivity contribution in [3.63, 3.8) is 0 Å². The van der Waals surface area contributed by atoms with Crippen molar-refractivity contribution in [2.45, 2.75) is 19.8 Å². The van der Waals surface area contributed by atoms with E-state index in [1.807, 2.05) is 35.0 Å². The van der Waals surface area contributed by atoms with E-state index in [0.717, 1.165) is 17.8 Å². The van der Waals surface area contributed by atoms with Crippen LogP contribution in [0.15, 0.2) is 48.5 Å². The molecule has 1 heterocycles. The van der Waals surface area contributed by atoms with Crippen LogP contribution in [-0.4, -0.2) is 15.6 Å². The third kappa shape index (κ3) is 3.22. The highest BCUT2D eigenvalue weighted by Crippen LogP contribution is 2.34. The summed E-state index contributed by atoms with van der Waals surface area (Å²) in [4.78, 5) is 12.7. The van der Waals surface area contributed by atoms with Gasteiger partial charge in [-0.2, -0.15) is 0 Å². The normalized spacial score (nSPS) is 16.4. The Morgan fingerprint density at radius 1 is 1.08 bits per heavy atom. The second kappa shape index (κ2) is 6.78. The smallest absolute Gasteiger partial charge is 0.168 e. The quantitative estimate of drug-likeness (QED) is 0.629. The number of halogens is 2. The lowest BCUT2D eigenvalue weighted by Gasteiger charge is -2.19. The molecule has 0 saturated heterocycles. The van der Waals surface area contributed by atoms with Crippen LogP contribution in [-0.2, 0) is 6.42 Å². The number of nitrogens with zero attached hydrogens (tertiary/aromatic N) is 2. The lowest BCUT2D eigenvalue weighted by atomic mass is 9.87. The SMILES string of the molecule is C[C@H]1CC(=O)c2c(Nc3cc(Cl)cc(Cl)c3)nn(-c3ccccc3)c2C1.